The van der Waals surface area contributed by atoms with Crippen molar-refractivity contribution in [1.29, 1.82) is 0 Å². The van der Waals surface area contributed by atoms with Gasteiger partial charge in [-0.25, -0.2) is 5.10 Å². The normalized spacial score (nSPS) is 16.8. The molecule has 6 heteroatoms. The number of aromatic amines is 1. The summed E-state index contributed by atoms with van der Waals surface area (Å²) in [4.78, 5) is 11.9. The van der Waals surface area contributed by atoms with E-state index in [9.17, 15) is 4.79 Å². The number of hydrogen-bond donors (Lipinski definition) is 2. The molecule has 3 rings (SSSR count). The number of aromatic nitrogens is 2. The second-order valence-electron chi connectivity index (χ2n) is 5.44. The van der Waals surface area contributed by atoms with E-state index in [-0.39, 0.29) is 11.5 Å². The van der Waals surface area contributed by atoms with Crippen LogP contribution in [0.2, 0.25) is 5.02 Å². The lowest BCUT2D eigenvalue weighted by atomic mass is 10.1. The van der Waals surface area contributed by atoms with E-state index < -0.39 is 0 Å². The lowest BCUT2D eigenvalue weighted by molar-refractivity contribution is 0.445. The summed E-state index contributed by atoms with van der Waals surface area (Å²) >= 11 is 6.19. The standard InChI is InChI=1S/C15H16ClN3O2/c1-7-3-4-10-12(7)14(20)18-19-15(10)21-13-8(2)5-9(17)6-11(13)16/h5-7H,3-4,17H2,1-2H3,(H,18,20). The third-order valence-corrected chi connectivity index (χ3v) is 4.14. The van der Waals surface area contributed by atoms with Gasteiger partial charge in [0.1, 0.15) is 0 Å². The van der Waals surface area contributed by atoms with Crippen molar-refractivity contribution in [2.45, 2.75) is 32.6 Å². The molecule has 1 atom stereocenters. The molecule has 0 saturated heterocycles. The highest BCUT2D eigenvalue weighted by Crippen LogP contribution is 2.39. The fraction of sp³-hybridized carbons (Fsp3) is 0.333. The molecule has 0 saturated carbocycles. The van der Waals surface area contributed by atoms with Crippen LogP contribution in [0.15, 0.2) is 16.9 Å². The molecule has 0 spiro atoms. The number of H-pyrrole nitrogens is 1. The Kier molecular flexibility index (Phi) is 3.37. The lowest BCUT2D eigenvalue weighted by Gasteiger charge is -2.13. The number of nitrogens with two attached hydrogens (primary N) is 1. The monoisotopic (exact) mass is 305 g/mol. The van der Waals surface area contributed by atoms with Gasteiger partial charge in [0.25, 0.3) is 5.56 Å². The minimum atomic E-state index is -0.137. The minimum absolute atomic E-state index is 0.137. The number of ether oxygens (including phenoxy) is 1. The molecule has 1 aliphatic rings. The van der Waals surface area contributed by atoms with Crippen LogP contribution in [0.4, 0.5) is 5.69 Å². The Hall–Kier alpha value is -2.01. The van der Waals surface area contributed by atoms with Gasteiger partial charge in [-0.2, -0.15) is 0 Å². The maximum absolute atomic E-state index is 11.9. The van der Waals surface area contributed by atoms with Crippen molar-refractivity contribution in [1.82, 2.24) is 10.2 Å². The van der Waals surface area contributed by atoms with Gasteiger partial charge in [-0.05, 0) is 43.4 Å². The Morgan fingerprint density at radius 1 is 1.48 bits per heavy atom. The van der Waals surface area contributed by atoms with E-state index in [0.717, 1.165) is 29.5 Å². The van der Waals surface area contributed by atoms with E-state index in [0.29, 0.717) is 22.3 Å². The average molecular weight is 306 g/mol. The predicted molar refractivity (Wildman–Crippen MR) is 82.3 cm³/mol. The lowest BCUT2D eigenvalue weighted by Crippen LogP contribution is -2.16. The summed E-state index contributed by atoms with van der Waals surface area (Å²) in [6.07, 6.45) is 1.71. The van der Waals surface area contributed by atoms with E-state index in [1.807, 2.05) is 13.8 Å². The molecule has 0 radical (unpaired) electrons. The highest BCUT2D eigenvalue weighted by molar-refractivity contribution is 6.32. The van der Waals surface area contributed by atoms with Gasteiger partial charge < -0.3 is 10.5 Å². The SMILES string of the molecule is Cc1cc(N)cc(Cl)c1Oc1n[nH]c(=O)c2c1CCC2C. The van der Waals surface area contributed by atoms with Crippen LogP contribution >= 0.6 is 11.6 Å². The van der Waals surface area contributed by atoms with Crippen molar-refractivity contribution in [2.24, 2.45) is 0 Å². The number of nitrogen functional groups attached to an aromatic ring is 1. The molecule has 1 aromatic carbocycles. The summed E-state index contributed by atoms with van der Waals surface area (Å²) < 4.78 is 5.87. The first-order valence-corrected chi connectivity index (χ1v) is 7.20. The topological polar surface area (TPSA) is 81.0 Å². The van der Waals surface area contributed by atoms with Crippen molar-refractivity contribution in [3.63, 3.8) is 0 Å². The van der Waals surface area contributed by atoms with Gasteiger partial charge in [0.15, 0.2) is 5.75 Å². The smallest absolute Gasteiger partial charge is 0.268 e. The summed E-state index contributed by atoms with van der Waals surface area (Å²) in [5.74, 6) is 1.16. The van der Waals surface area contributed by atoms with E-state index in [2.05, 4.69) is 10.2 Å². The number of nitrogens with one attached hydrogen (secondary N) is 1. The van der Waals surface area contributed by atoms with Crippen molar-refractivity contribution >= 4 is 17.3 Å². The molecule has 3 N–H and O–H groups in total. The van der Waals surface area contributed by atoms with Crippen LogP contribution in [0, 0.1) is 6.92 Å². The Bertz CT molecular complexity index is 747. The summed E-state index contributed by atoms with van der Waals surface area (Å²) in [6, 6.07) is 3.42. The number of benzene rings is 1. The van der Waals surface area contributed by atoms with Crippen molar-refractivity contribution in [3.05, 3.63) is 44.2 Å². The zero-order chi connectivity index (χ0) is 15.1. The molecule has 0 aliphatic heterocycles. The first-order valence-electron chi connectivity index (χ1n) is 6.82. The van der Waals surface area contributed by atoms with Gasteiger partial charge in [0.2, 0.25) is 5.88 Å². The Labute approximate surface area is 127 Å². The summed E-state index contributed by atoms with van der Waals surface area (Å²) in [5.41, 5.74) is 8.66. The molecule has 1 heterocycles. The number of rotatable bonds is 2. The average Bonchev–Trinajstić information content (AvgIpc) is 2.79. The molecule has 1 aromatic heterocycles. The van der Waals surface area contributed by atoms with Crippen LogP contribution in [0.5, 0.6) is 11.6 Å². The van der Waals surface area contributed by atoms with E-state index in [1.165, 1.54) is 0 Å². The molecule has 21 heavy (non-hydrogen) atoms. The molecular formula is C15H16ClN3O2. The van der Waals surface area contributed by atoms with Gasteiger partial charge in [-0.3, -0.25) is 4.79 Å². The first kappa shape index (κ1) is 13.9. The Morgan fingerprint density at radius 3 is 2.95 bits per heavy atom. The zero-order valence-corrected chi connectivity index (χ0v) is 12.6. The first-order chi connectivity index (χ1) is 9.97. The molecule has 0 fully saturated rings. The largest absolute Gasteiger partial charge is 0.435 e. The maximum Gasteiger partial charge on any atom is 0.268 e. The van der Waals surface area contributed by atoms with Crippen LogP contribution in [0.3, 0.4) is 0 Å². The van der Waals surface area contributed by atoms with Gasteiger partial charge in [-0.15, -0.1) is 5.10 Å². The van der Waals surface area contributed by atoms with Gasteiger partial charge in [0, 0.05) is 16.8 Å². The molecule has 110 valence electrons. The number of halogens is 1. The second kappa shape index (κ2) is 5.07. The molecule has 0 bridgehead atoms. The van der Waals surface area contributed by atoms with Crippen LogP contribution in [0.25, 0.3) is 0 Å². The van der Waals surface area contributed by atoms with Crippen LogP contribution in [0.1, 0.15) is 36.0 Å². The van der Waals surface area contributed by atoms with Gasteiger partial charge in [0.05, 0.1) is 5.02 Å². The van der Waals surface area contributed by atoms with Gasteiger partial charge in [-0.1, -0.05) is 18.5 Å². The summed E-state index contributed by atoms with van der Waals surface area (Å²) in [5, 5.41) is 6.97. The third-order valence-electron chi connectivity index (χ3n) is 3.86. The highest BCUT2D eigenvalue weighted by atomic mass is 35.5. The number of hydrogen-bond acceptors (Lipinski definition) is 4. The molecule has 2 aromatic rings. The summed E-state index contributed by atoms with van der Waals surface area (Å²) in [7, 11) is 0. The van der Waals surface area contributed by atoms with Crippen molar-refractivity contribution < 1.29 is 4.74 Å². The van der Waals surface area contributed by atoms with Gasteiger partial charge >= 0.3 is 0 Å². The number of anilines is 1. The number of aryl methyl sites for hydroxylation is 1. The fourth-order valence-corrected chi connectivity index (χ4v) is 3.13. The molecular weight excluding hydrogens is 290 g/mol. The highest BCUT2D eigenvalue weighted by Gasteiger charge is 2.27. The van der Waals surface area contributed by atoms with Crippen LogP contribution in [-0.2, 0) is 6.42 Å². The molecule has 1 unspecified atom stereocenters. The number of fused-ring (bicyclic) bond motifs is 1. The number of nitrogens with zero attached hydrogens (tertiary/aromatic N) is 1. The molecule has 1 aliphatic carbocycles. The van der Waals surface area contributed by atoms with Crippen LogP contribution < -0.4 is 16.0 Å². The third kappa shape index (κ3) is 2.38. The zero-order valence-electron chi connectivity index (χ0n) is 11.9. The van der Waals surface area contributed by atoms with E-state index in [1.54, 1.807) is 12.1 Å². The second-order valence-corrected chi connectivity index (χ2v) is 5.85. The minimum Gasteiger partial charge on any atom is -0.435 e. The predicted octanol–water partition coefficient (Wildman–Crippen LogP) is 3.16. The maximum atomic E-state index is 11.9. The van der Waals surface area contributed by atoms with Crippen molar-refractivity contribution in [2.75, 3.05) is 5.73 Å². The quantitative estimate of drug-likeness (QED) is 0.835. The van der Waals surface area contributed by atoms with Crippen LogP contribution in [-0.4, -0.2) is 10.2 Å². The Balaban J connectivity index is 2.07. The van der Waals surface area contributed by atoms with E-state index >= 15 is 0 Å². The van der Waals surface area contributed by atoms with E-state index in [4.69, 9.17) is 22.1 Å². The Morgan fingerprint density at radius 2 is 2.24 bits per heavy atom. The van der Waals surface area contributed by atoms with Crippen molar-refractivity contribution in [3.8, 4) is 11.6 Å². The molecule has 5 nitrogen and oxygen atoms in total. The summed E-state index contributed by atoms with van der Waals surface area (Å²) in [6.45, 7) is 3.90. The molecule has 0 amide bonds. The fourth-order valence-electron chi connectivity index (χ4n) is 2.82.